The van der Waals surface area contributed by atoms with Gasteiger partial charge >= 0.3 is 12.0 Å². The molecule has 9 heteroatoms. The van der Waals surface area contributed by atoms with Crippen LogP contribution in [-0.2, 0) is 4.74 Å². The number of benzene rings is 1. The molecule has 1 fully saturated rings. The van der Waals surface area contributed by atoms with E-state index in [-0.39, 0.29) is 23.0 Å². The number of hydrogen-bond acceptors (Lipinski definition) is 5. The molecular formula is C12H13N3O6. The third kappa shape index (κ3) is 3.66. The molecule has 0 saturated carbocycles. The number of amides is 2. The molecule has 1 unspecified atom stereocenters. The Morgan fingerprint density at radius 1 is 1.43 bits per heavy atom. The summed E-state index contributed by atoms with van der Waals surface area (Å²) >= 11 is 0. The highest BCUT2D eigenvalue weighted by atomic mass is 16.6. The highest BCUT2D eigenvalue weighted by Gasteiger charge is 2.20. The van der Waals surface area contributed by atoms with Crippen molar-refractivity contribution in [2.75, 3.05) is 18.5 Å². The molecule has 1 aliphatic heterocycles. The van der Waals surface area contributed by atoms with Gasteiger partial charge in [-0.3, -0.25) is 10.1 Å². The molecule has 1 aromatic carbocycles. The first-order valence-corrected chi connectivity index (χ1v) is 6.14. The zero-order chi connectivity index (χ0) is 15.4. The number of hydrogen-bond donors (Lipinski definition) is 3. The third-order valence-corrected chi connectivity index (χ3v) is 2.96. The van der Waals surface area contributed by atoms with Crippen LogP contribution in [-0.4, -0.2) is 41.3 Å². The van der Waals surface area contributed by atoms with Crippen molar-refractivity contribution in [2.45, 2.75) is 12.5 Å². The first-order valence-electron chi connectivity index (χ1n) is 6.14. The number of carboxylic acids is 1. The predicted molar refractivity (Wildman–Crippen MR) is 71.4 cm³/mol. The summed E-state index contributed by atoms with van der Waals surface area (Å²) in [4.78, 5) is 32.8. The van der Waals surface area contributed by atoms with E-state index in [4.69, 9.17) is 9.84 Å². The molecule has 0 aromatic heterocycles. The van der Waals surface area contributed by atoms with E-state index in [1.807, 2.05) is 0 Å². The molecule has 1 heterocycles. The fourth-order valence-electron chi connectivity index (χ4n) is 1.92. The van der Waals surface area contributed by atoms with Gasteiger partial charge in [-0.1, -0.05) is 0 Å². The molecule has 0 aliphatic carbocycles. The van der Waals surface area contributed by atoms with Crippen molar-refractivity contribution in [1.82, 2.24) is 5.32 Å². The fourth-order valence-corrected chi connectivity index (χ4v) is 1.92. The van der Waals surface area contributed by atoms with Crippen molar-refractivity contribution in [3.8, 4) is 0 Å². The van der Waals surface area contributed by atoms with Crippen LogP contribution in [0.1, 0.15) is 16.8 Å². The van der Waals surface area contributed by atoms with Crippen molar-refractivity contribution in [2.24, 2.45) is 0 Å². The average molecular weight is 295 g/mol. The monoisotopic (exact) mass is 295 g/mol. The largest absolute Gasteiger partial charge is 0.478 e. The van der Waals surface area contributed by atoms with Gasteiger partial charge in [0.15, 0.2) is 0 Å². The zero-order valence-electron chi connectivity index (χ0n) is 10.9. The van der Waals surface area contributed by atoms with Gasteiger partial charge in [-0.15, -0.1) is 0 Å². The molecule has 3 N–H and O–H groups in total. The lowest BCUT2D eigenvalue weighted by Gasteiger charge is -2.13. The minimum atomic E-state index is -1.36. The third-order valence-electron chi connectivity index (χ3n) is 2.96. The van der Waals surface area contributed by atoms with Gasteiger partial charge in [0.1, 0.15) is 0 Å². The van der Waals surface area contributed by atoms with Crippen LogP contribution in [0.5, 0.6) is 0 Å². The highest BCUT2D eigenvalue weighted by molar-refractivity contribution is 6.00. The highest BCUT2D eigenvalue weighted by Crippen LogP contribution is 2.22. The Bertz CT molecular complexity index is 582. The number of nitrogens with one attached hydrogen (secondary N) is 2. The standard InChI is InChI=1S/C12H13N3O6/c16-11(17)9-5-8(15(19)20)1-2-10(9)14-12(18)13-7-3-4-21-6-7/h1-2,5,7H,3-4,6H2,(H,16,17)(H2,13,14,18). The number of anilines is 1. The number of nitrogens with zero attached hydrogens (tertiary/aromatic N) is 1. The van der Waals surface area contributed by atoms with E-state index < -0.39 is 16.9 Å². The lowest BCUT2D eigenvalue weighted by Crippen LogP contribution is -2.38. The van der Waals surface area contributed by atoms with Crippen LogP contribution in [0, 0.1) is 10.1 Å². The Morgan fingerprint density at radius 2 is 2.19 bits per heavy atom. The zero-order valence-corrected chi connectivity index (χ0v) is 10.9. The molecule has 1 atom stereocenters. The van der Waals surface area contributed by atoms with Gasteiger partial charge in [-0.2, -0.15) is 0 Å². The van der Waals surface area contributed by atoms with Gasteiger partial charge in [-0.25, -0.2) is 9.59 Å². The van der Waals surface area contributed by atoms with Crippen molar-refractivity contribution in [3.05, 3.63) is 33.9 Å². The molecule has 0 radical (unpaired) electrons. The maximum atomic E-state index is 11.8. The van der Waals surface area contributed by atoms with Crippen molar-refractivity contribution >= 4 is 23.4 Å². The van der Waals surface area contributed by atoms with E-state index in [2.05, 4.69) is 10.6 Å². The Hall–Kier alpha value is -2.68. The smallest absolute Gasteiger partial charge is 0.338 e. The van der Waals surface area contributed by atoms with Gasteiger partial charge in [0.05, 0.1) is 28.8 Å². The molecule has 1 saturated heterocycles. The number of carbonyl (C=O) groups is 2. The summed E-state index contributed by atoms with van der Waals surface area (Å²) in [6, 6.07) is 2.50. The van der Waals surface area contributed by atoms with Crippen LogP contribution in [0.15, 0.2) is 18.2 Å². The Kier molecular flexibility index (Phi) is 4.33. The van der Waals surface area contributed by atoms with Crippen molar-refractivity contribution < 1.29 is 24.4 Å². The molecule has 112 valence electrons. The van der Waals surface area contributed by atoms with E-state index in [0.29, 0.717) is 19.6 Å². The summed E-state index contributed by atoms with van der Waals surface area (Å²) in [5.41, 5.74) is -0.714. The normalized spacial score (nSPS) is 17.2. The summed E-state index contributed by atoms with van der Waals surface area (Å²) in [5.74, 6) is -1.36. The van der Waals surface area contributed by atoms with Crippen LogP contribution >= 0.6 is 0 Å². The number of carboxylic acid groups (broad SMARTS) is 1. The Morgan fingerprint density at radius 3 is 2.76 bits per heavy atom. The van der Waals surface area contributed by atoms with Gasteiger partial charge in [-0.05, 0) is 12.5 Å². The molecule has 0 bridgehead atoms. The summed E-state index contributed by atoms with van der Waals surface area (Å²) in [7, 11) is 0. The van der Waals surface area contributed by atoms with Crippen molar-refractivity contribution in [1.29, 1.82) is 0 Å². The second-order valence-electron chi connectivity index (χ2n) is 4.45. The van der Waals surface area contributed by atoms with Crippen LogP contribution in [0.4, 0.5) is 16.2 Å². The minimum absolute atomic E-state index is 0.00971. The summed E-state index contributed by atoms with van der Waals surface area (Å²) < 4.78 is 5.10. The summed E-state index contributed by atoms with van der Waals surface area (Å²) in [6.45, 7) is 0.961. The van der Waals surface area contributed by atoms with E-state index in [0.717, 1.165) is 12.1 Å². The number of urea groups is 1. The first-order chi connectivity index (χ1) is 9.97. The predicted octanol–water partition coefficient (Wildman–Crippen LogP) is 1.20. The van der Waals surface area contributed by atoms with Gasteiger partial charge in [0.2, 0.25) is 0 Å². The van der Waals surface area contributed by atoms with E-state index in [1.165, 1.54) is 6.07 Å². The first kappa shape index (κ1) is 14.7. The number of aromatic carboxylic acids is 1. The van der Waals surface area contributed by atoms with Crippen LogP contribution in [0.2, 0.25) is 0 Å². The van der Waals surface area contributed by atoms with Crippen molar-refractivity contribution in [3.63, 3.8) is 0 Å². The van der Waals surface area contributed by atoms with Crippen LogP contribution in [0.3, 0.4) is 0 Å². The topological polar surface area (TPSA) is 131 Å². The Labute approximate surface area is 119 Å². The molecule has 9 nitrogen and oxygen atoms in total. The minimum Gasteiger partial charge on any atom is -0.478 e. The van der Waals surface area contributed by atoms with Gasteiger partial charge in [0.25, 0.3) is 5.69 Å². The summed E-state index contributed by atoms with van der Waals surface area (Å²) in [6.07, 6.45) is 0.680. The second kappa shape index (κ2) is 6.18. The maximum absolute atomic E-state index is 11.8. The fraction of sp³-hybridized carbons (Fsp3) is 0.333. The number of non-ortho nitro benzene ring substituents is 1. The molecule has 1 aliphatic rings. The van der Waals surface area contributed by atoms with Gasteiger partial charge in [0, 0.05) is 18.7 Å². The maximum Gasteiger partial charge on any atom is 0.338 e. The molecule has 2 rings (SSSR count). The lowest BCUT2D eigenvalue weighted by molar-refractivity contribution is -0.384. The van der Waals surface area contributed by atoms with Crippen LogP contribution < -0.4 is 10.6 Å². The van der Waals surface area contributed by atoms with E-state index >= 15 is 0 Å². The molecular weight excluding hydrogens is 282 g/mol. The number of nitro benzene ring substituents is 1. The average Bonchev–Trinajstić information content (AvgIpc) is 2.91. The van der Waals surface area contributed by atoms with Crippen LogP contribution in [0.25, 0.3) is 0 Å². The number of nitro groups is 1. The van der Waals surface area contributed by atoms with Gasteiger partial charge < -0.3 is 20.5 Å². The molecule has 2 amide bonds. The molecule has 1 aromatic rings. The number of rotatable bonds is 4. The number of ether oxygens (including phenoxy) is 1. The lowest BCUT2D eigenvalue weighted by atomic mass is 10.1. The quantitative estimate of drug-likeness (QED) is 0.565. The SMILES string of the molecule is O=C(Nc1ccc([N+](=O)[O-])cc1C(=O)O)NC1CCOC1. The van der Waals surface area contributed by atoms with E-state index in [1.54, 1.807) is 0 Å². The molecule has 0 spiro atoms. The number of carbonyl (C=O) groups excluding carboxylic acids is 1. The second-order valence-corrected chi connectivity index (χ2v) is 4.45. The molecule has 21 heavy (non-hydrogen) atoms. The summed E-state index contributed by atoms with van der Waals surface area (Å²) in [5, 5.41) is 24.7. The van der Waals surface area contributed by atoms with E-state index in [9.17, 15) is 19.7 Å². The Balaban J connectivity index is 2.12.